The smallest absolute Gasteiger partial charge is 0.101 e. The van der Waals surface area contributed by atoms with Gasteiger partial charge >= 0.3 is 0 Å². The average Bonchev–Trinajstić information content (AvgIpc) is 2.22. The van der Waals surface area contributed by atoms with Crippen molar-refractivity contribution in [1.29, 1.82) is 0 Å². The minimum Gasteiger partial charge on any atom is -0.388 e. The number of hydrogen-bond donors (Lipinski definition) is 1. The monoisotopic (exact) mass is 218 g/mol. The lowest BCUT2D eigenvalue weighted by Crippen LogP contribution is -2.23. The second-order valence-corrected chi connectivity index (χ2v) is 4.10. The summed E-state index contributed by atoms with van der Waals surface area (Å²) in [4.78, 5) is 0. The molecule has 0 aliphatic carbocycles. The predicted molar refractivity (Wildman–Crippen MR) is 62.1 cm³/mol. The lowest BCUT2D eigenvalue weighted by atomic mass is 10.1. The maximum absolute atomic E-state index is 9.36. The Morgan fingerprint density at radius 3 is 2.47 bits per heavy atom. The molecule has 0 radical (unpaired) electrons. The average molecular weight is 218 g/mol. The van der Waals surface area contributed by atoms with Crippen molar-refractivity contribution in [2.75, 3.05) is 20.3 Å². The molecule has 15 heavy (non-hydrogen) atoms. The summed E-state index contributed by atoms with van der Waals surface area (Å²) in [5.41, 5.74) is 0. The Hall–Kier alpha value is -0.120. The minimum atomic E-state index is -0.493. The van der Waals surface area contributed by atoms with Gasteiger partial charge < -0.3 is 14.6 Å². The van der Waals surface area contributed by atoms with Gasteiger partial charge in [-0.25, -0.2) is 0 Å². The molecule has 0 rings (SSSR count). The zero-order valence-corrected chi connectivity index (χ0v) is 10.4. The zero-order chi connectivity index (χ0) is 11.5. The normalized spacial score (nSPS) is 15.2. The van der Waals surface area contributed by atoms with E-state index in [4.69, 9.17) is 9.47 Å². The molecule has 2 atom stereocenters. The Labute approximate surface area is 93.8 Å². The van der Waals surface area contributed by atoms with Crippen molar-refractivity contribution in [3.8, 4) is 0 Å². The van der Waals surface area contributed by atoms with Gasteiger partial charge in [0.25, 0.3) is 0 Å². The van der Waals surface area contributed by atoms with E-state index in [9.17, 15) is 5.11 Å². The van der Waals surface area contributed by atoms with E-state index < -0.39 is 6.10 Å². The third-order valence-corrected chi connectivity index (χ3v) is 2.40. The highest BCUT2D eigenvalue weighted by atomic mass is 16.5. The summed E-state index contributed by atoms with van der Waals surface area (Å²) in [5.74, 6) is 0. The number of ether oxygens (including phenoxy) is 2. The molecule has 0 spiro atoms. The molecule has 2 unspecified atom stereocenters. The molecular formula is C12H26O3. The Kier molecular flexibility index (Phi) is 10.3. The SMILES string of the molecule is CCCCCCC(C)OCC(O)COC. The van der Waals surface area contributed by atoms with E-state index in [2.05, 4.69) is 13.8 Å². The number of aliphatic hydroxyl groups excluding tert-OH is 1. The summed E-state index contributed by atoms with van der Waals surface area (Å²) >= 11 is 0. The van der Waals surface area contributed by atoms with Crippen molar-refractivity contribution in [3.63, 3.8) is 0 Å². The van der Waals surface area contributed by atoms with Crippen LogP contribution in [0.25, 0.3) is 0 Å². The van der Waals surface area contributed by atoms with Crippen LogP contribution in [0.3, 0.4) is 0 Å². The van der Waals surface area contributed by atoms with Gasteiger partial charge in [-0.1, -0.05) is 32.6 Å². The van der Waals surface area contributed by atoms with Crippen molar-refractivity contribution in [2.45, 2.75) is 58.2 Å². The van der Waals surface area contributed by atoms with Crippen LogP contribution in [0.15, 0.2) is 0 Å². The highest BCUT2D eigenvalue weighted by Crippen LogP contribution is 2.08. The van der Waals surface area contributed by atoms with Crippen LogP contribution in [0.1, 0.15) is 46.0 Å². The van der Waals surface area contributed by atoms with E-state index in [0.29, 0.717) is 13.2 Å². The largest absolute Gasteiger partial charge is 0.388 e. The maximum Gasteiger partial charge on any atom is 0.101 e. The molecule has 0 amide bonds. The number of methoxy groups -OCH3 is 1. The highest BCUT2D eigenvalue weighted by Gasteiger charge is 2.07. The molecule has 1 N–H and O–H groups in total. The fourth-order valence-corrected chi connectivity index (χ4v) is 1.46. The first-order valence-electron chi connectivity index (χ1n) is 5.99. The maximum atomic E-state index is 9.36. The molecule has 3 heteroatoms. The first-order chi connectivity index (χ1) is 7.20. The van der Waals surface area contributed by atoms with Crippen molar-refractivity contribution >= 4 is 0 Å². The number of unbranched alkanes of at least 4 members (excludes halogenated alkanes) is 3. The molecule has 0 aliphatic heterocycles. The Bertz CT molecular complexity index is 128. The first-order valence-corrected chi connectivity index (χ1v) is 5.99. The summed E-state index contributed by atoms with van der Waals surface area (Å²) < 4.78 is 10.3. The topological polar surface area (TPSA) is 38.7 Å². The lowest BCUT2D eigenvalue weighted by molar-refractivity contribution is -0.0334. The van der Waals surface area contributed by atoms with E-state index in [0.717, 1.165) is 6.42 Å². The van der Waals surface area contributed by atoms with Crippen molar-refractivity contribution in [3.05, 3.63) is 0 Å². The summed E-state index contributed by atoms with van der Waals surface area (Å²) in [6.07, 6.45) is 5.90. The van der Waals surface area contributed by atoms with Gasteiger partial charge in [0.1, 0.15) is 6.10 Å². The van der Waals surface area contributed by atoms with Gasteiger partial charge in [-0.15, -0.1) is 0 Å². The Balaban J connectivity index is 3.28. The molecule has 0 aromatic rings. The van der Waals surface area contributed by atoms with Gasteiger partial charge in [0, 0.05) is 7.11 Å². The van der Waals surface area contributed by atoms with Gasteiger partial charge in [-0.3, -0.25) is 0 Å². The molecule has 0 saturated heterocycles. The molecule has 0 bridgehead atoms. The number of aliphatic hydroxyl groups is 1. The van der Waals surface area contributed by atoms with Crippen molar-refractivity contribution in [1.82, 2.24) is 0 Å². The molecular weight excluding hydrogens is 192 g/mol. The van der Waals surface area contributed by atoms with Crippen LogP contribution < -0.4 is 0 Å². The van der Waals surface area contributed by atoms with Crippen molar-refractivity contribution < 1.29 is 14.6 Å². The van der Waals surface area contributed by atoms with Gasteiger partial charge in [0.2, 0.25) is 0 Å². The van der Waals surface area contributed by atoms with Crippen molar-refractivity contribution in [2.24, 2.45) is 0 Å². The molecule has 0 aromatic heterocycles. The van der Waals surface area contributed by atoms with Gasteiger partial charge in [-0.05, 0) is 13.3 Å². The first kappa shape index (κ1) is 14.9. The summed E-state index contributed by atoms with van der Waals surface area (Å²) in [7, 11) is 1.58. The van der Waals surface area contributed by atoms with Gasteiger partial charge in [0.05, 0.1) is 19.3 Å². The highest BCUT2D eigenvalue weighted by molar-refractivity contribution is 4.55. The van der Waals surface area contributed by atoms with Crippen LogP contribution in [-0.4, -0.2) is 37.6 Å². The quantitative estimate of drug-likeness (QED) is 0.572. The number of hydrogen-bond acceptors (Lipinski definition) is 3. The number of rotatable bonds is 10. The standard InChI is InChI=1S/C12H26O3/c1-4-5-6-7-8-11(2)15-10-12(13)9-14-3/h11-13H,4-10H2,1-3H3. The summed E-state index contributed by atoms with van der Waals surface area (Å²) in [6, 6.07) is 0. The predicted octanol–water partition coefficient (Wildman–Crippen LogP) is 2.37. The van der Waals surface area contributed by atoms with Gasteiger partial charge in [0.15, 0.2) is 0 Å². The van der Waals surface area contributed by atoms with E-state index in [1.54, 1.807) is 7.11 Å². The summed E-state index contributed by atoms with van der Waals surface area (Å²) in [5, 5.41) is 9.36. The fraction of sp³-hybridized carbons (Fsp3) is 1.00. The summed E-state index contributed by atoms with van der Waals surface area (Å²) in [6.45, 7) is 5.00. The lowest BCUT2D eigenvalue weighted by Gasteiger charge is -2.15. The Morgan fingerprint density at radius 1 is 1.13 bits per heavy atom. The van der Waals surface area contributed by atoms with Crippen LogP contribution in [0.4, 0.5) is 0 Å². The molecule has 0 aromatic carbocycles. The van der Waals surface area contributed by atoms with E-state index in [-0.39, 0.29) is 6.10 Å². The molecule has 3 nitrogen and oxygen atoms in total. The van der Waals surface area contributed by atoms with E-state index >= 15 is 0 Å². The molecule has 0 saturated carbocycles. The second-order valence-electron chi connectivity index (χ2n) is 4.10. The minimum absolute atomic E-state index is 0.244. The second kappa shape index (κ2) is 10.4. The van der Waals surface area contributed by atoms with Crippen LogP contribution >= 0.6 is 0 Å². The van der Waals surface area contributed by atoms with Crippen LogP contribution in [0.2, 0.25) is 0 Å². The van der Waals surface area contributed by atoms with Crippen LogP contribution in [0.5, 0.6) is 0 Å². The third kappa shape index (κ3) is 10.2. The molecule has 0 aliphatic rings. The Morgan fingerprint density at radius 2 is 1.87 bits per heavy atom. The fourth-order valence-electron chi connectivity index (χ4n) is 1.46. The zero-order valence-electron chi connectivity index (χ0n) is 10.4. The van der Waals surface area contributed by atoms with Crippen LogP contribution in [0, 0.1) is 0 Å². The van der Waals surface area contributed by atoms with Crippen LogP contribution in [-0.2, 0) is 9.47 Å². The molecule has 0 fully saturated rings. The van der Waals surface area contributed by atoms with Gasteiger partial charge in [-0.2, -0.15) is 0 Å². The third-order valence-electron chi connectivity index (χ3n) is 2.40. The van der Waals surface area contributed by atoms with E-state index in [1.165, 1.54) is 25.7 Å². The van der Waals surface area contributed by atoms with E-state index in [1.807, 2.05) is 0 Å². The molecule has 92 valence electrons. The molecule has 0 heterocycles.